The summed E-state index contributed by atoms with van der Waals surface area (Å²) in [5.41, 5.74) is 4.62. The lowest BCUT2D eigenvalue weighted by Gasteiger charge is -2.24. The van der Waals surface area contributed by atoms with Crippen LogP contribution in [0.2, 0.25) is 0 Å². The molecule has 0 spiro atoms. The minimum Gasteiger partial charge on any atom is -0.493 e. The molecule has 0 radical (unpaired) electrons. The Morgan fingerprint density at radius 1 is 1.02 bits per heavy atom. The number of ether oxygens (including phenoxy) is 2. The quantitative estimate of drug-likeness (QED) is 0.126. The summed E-state index contributed by atoms with van der Waals surface area (Å²) in [5, 5.41) is 6.19. The molecule has 1 heterocycles. The second kappa shape index (κ2) is 16.1. The lowest BCUT2D eigenvalue weighted by atomic mass is 9.88. The number of allylic oxidation sites excluding steroid dienone is 2. The van der Waals surface area contributed by atoms with Crippen molar-refractivity contribution in [3.8, 4) is 5.75 Å². The maximum Gasteiger partial charge on any atom is 0.333 e. The molecule has 1 aliphatic rings. The van der Waals surface area contributed by atoms with Crippen molar-refractivity contribution in [2.45, 2.75) is 71.8 Å². The first kappa shape index (κ1) is 31.2. The number of hydrogen-bond acceptors (Lipinski definition) is 6. The molecule has 1 aliphatic carbocycles. The van der Waals surface area contributed by atoms with Gasteiger partial charge in [-0.1, -0.05) is 61.7 Å². The molecule has 0 bridgehead atoms. The predicted molar refractivity (Wildman–Crippen MR) is 169 cm³/mol. The number of carbonyl (C=O) groups is 2. The van der Waals surface area contributed by atoms with Gasteiger partial charge >= 0.3 is 5.97 Å². The fourth-order valence-electron chi connectivity index (χ4n) is 5.19. The highest BCUT2D eigenvalue weighted by Gasteiger charge is 2.25. The molecule has 0 saturated heterocycles. The summed E-state index contributed by atoms with van der Waals surface area (Å²) >= 11 is 1.55. The van der Waals surface area contributed by atoms with Gasteiger partial charge in [0, 0.05) is 23.3 Å². The number of carbonyl (C=O) groups excluding carboxylic acids is 2. The highest BCUT2D eigenvalue weighted by molar-refractivity contribution is 7.09. The van der Waals surface area contributed by atoms with Crippen LogP contribution in [0, 0.1) is 5.92 Å². The molecule has 7 heteroatoms. The number of nitrogens with one attached hydrogen (secondary N) is 1. The van der Waals surface area contributed by atoms with E-state index in [0.29, 0.717) is 25.2 Å². The second-order valence-electron chi connectivity index (χ2n) is 10.9. The van der Waals surface area contributed by atoms with Crippen molar-refractivity contribution in [3.05, 3.63) is 99.0 Å². The Hall–Kier alpha value is -3.71. The van der Waals surface area contributed by atoms with Crippen molar-refractivity contribution in [2.75, 3.05) is 13.2 Å². The molecule has 0 aliphatic heterocycles. The fraction of sp³-hybridized carbons (Fsp3) is 0.400. The van der Waals surface area contributed by atoms with E-state index in [1.54, 1.807) is 25.2 Å². The fourth-order valence-corrected chi connectivity index (χ4v) is 6.02. The van der Waals surface area contributed by atoms with Crippen molar-refractivity contribution in [1.82, 2.24) is 10.3 Å². The number of hydrogen-bond donors (Lipinski definition) is 1. The van der Waals surface area contributed by atoms with E-state index in [4.69, 9.17) is 14.5 Å². The van der Waals surface area contributed by atoms with Gasteiger partial charge in [-0.05, 0) is 81.0 Å². The molecule has 222 valence electrons. The first-order valence-corrected chi connectivity index (χ1v) is 15.8. The number of rotatable bonds is 13. The van der Waals surface area contributed by atoms with Gasteiger partial charge in [0.25, 0.3) is 0 Å². The number of amides is 1. The van der Waals surface area contributed by atoms with Gasteiger partial charge in [-0.3, -0.25) is 4.79 Å². The third-order valence-corrected chi connectivity index (χ3v) is 8.39. The molecule has 1 unspecified atom stereocenters. The van der Waals surface area contributed by atoms with Crippen LogP contribution in [0.1, 0.15) is 80.7 Å². The van der Waals surface area contributed by atoms with E-state index in [1.165, 1.54) is 12.0 Å². The normalized spacial score (nSPS) is 15.2. The summed E-state index contributed by atoms with van der Waals surface area (Å²) in [5.74, 6) is 0.708. The Kier molecular flexibility index (Phi) is 11.9. The molecule has 6 nitrogen and oxygen atoms in total. The summed E-state index contributed by atoms with van der Waals surface area (Å²) in [6.07, 6.45) is 10.6. The highest BCUT2D eigenvalue weighted by Crippen LogP contribution is 2.28. The smallest absolute Gasteiger partial charge is 0.333 e. The summed E-state index contributed by atoms with van der Waals surface area (Å²) in [6, 6.07) is 18.2. The van der Waals surface area contributed by atoms with E-state index in [-0.39, 0.29) is 23.8 Å². The Labute approximate surface area is 253 Å². The van der Waals surface area contributed by atoms with Gasteiger partial charge in [-0.2, -0.15) is 0 Å². The number of esters is 1. The second-order valence-corrected chi connectivity index (χ2v) is 11.8. The molecule has 1 saturated carbocycles. The van der Waals surface area contributed by atoms with Crippen molar-refractivity contribution in [3.63, 3.8) is 0 Å². The summed E-state index contributed by atoms with van der Waals surface area (Å²) in [7, 11) is 0. The van der Waals surface area contributed by atoms with E-state index in [9.17, 15) is 9.59 Å². The van der Waals surface area contributed by atoms with E-state index in [0.717, 1.165) is 59.7 Å². The van der Waals surface area contributed by atoms with E-state index >= 15 is 0 Å². The molecule has 1 amide bonds. The number of benzene rings is 2. The van der Waals surface area contributed by atoms with Crippen LogP contribution in [-0.2, 0) is 27.2 Å². The van der Waals surface area contributed by atoms with E-state index < -0.39 is 0 Å². The van der Waals surface area contributed by atoms with Crippen molar-refractivity contribution >= 4 is 29.3 Å². The van der Waals surface area contributed by atoms with Gasteiger partial charge in [0.2, 0.25) is 5.91 Å². The Bertz CT molecular complexity index is 1360. The third kappa shape index (κ3) is 9.69. The minimum atomic E-state index is -0.317. The first-order valence-electron chi connectivity index (χ1n) is 15.0. The zero-order chi connectivity index (χ0) is 29.7. The van der Waals surface area contributed by atoms with Crippen LogP contribution in [0.3, 0.4) is 0 Å². The van der Waals surface area contributed by atoms with Crippen LogP contribution >= 0.6 is 11.3 Å². The molecule has 1 fully saturated rings. The topological polar surface area (TPSA) is 77.5 Å². The van der Waals surface area contributed by atoms with Crippen LogP contribution in [0.5, 0.6) is 5.75 Å². The zero-order valence-electron chi connectivity index (χ0n) is 24.9. The van der Waals surface area contributed by atoms with Crippen molar-refractivity contribution < 1.29 is 19.1 Å². The van der Waals surface area contributed by atoms with Gasteiger partial charge in [0.15, 0.2) is 0 Å². The Morgan fingerprint density at radius 3 is 2.48 bits per heavy atom. The lowest BCUT2D eigenvalue weighted by Crippen LogP contribution is -2.35. The molecule has 1 aromatic heterocycles. The molecular weight excluding hydrogens is 544 g/mol. The Balaban J connectivity index is 1.45. The SMILES string of the molecule is CCOC(=O)/C(C)=C\C(C)=C\c1csc(C(Cc2ccc(OCCc3ccccc3)cc2)NC(=O)C2CCCCC2)n1. The van der Waals surface area contributed by atoms with Crippen LogP contribution in [0.25, 0.3) is 6.08 Å². The number of thiazole rings is 1. The molecular formula is C35H42N2O4S. The number of aromatic nitrogens is 1. The minimum absolute atomic E-state index is 0.0687. The average molecular weight is 587 g/mol. The summed E-state index contributed by atoms with van der Waals surface area (Å²) in [4.78, 5) is 30.1. The summed E-state index contributed by atoms with van der Waals surface area (Å²) < 4.78 is 11.1. The van der Waals surface area contributed by atoms with Crippen LogP contribution in [-0.4, -0.2) is 30.1 Å². The highest BCUT2D eigenvalue weighted by atomic mass is 32.1. The van der Waals surface area contributed by atoms with Crippen LogP contribution in [0.15, 0.2) is 77.2 Å². The first-order chi connectivity index (χ1) is 20.4. The Morgan fingerprint density at radius 2 is 1.76 bits per heavy atom. The predicted octanol–water partition coefficient (Wildman–Crippen LogP) is 7.66. The molecule has 42 heavy (non-hydrogen) atoms. The molecule has 3 aromatic rings. The van der Waals surface area contributed by atoms with Crippen LogP contribution in [0.4, 0.5) is 0 Å². The molecule has 1 N–H and O–H groups in total. The molecule has 1 atom stereocenters. The van der Waals surface area contributed by atoms with E-state index in [2.05, 4.69) is 29.6 Å². The summed E-state index contributed by atoms with van der Waals surface area (Å²) in [6.45, 7) is 6.45. The third-order valence-electron chi connectivity index (χ3n) is 7.41. The molecule has 2 aromatic carbocycles. The van der Waals surface area contributed by atoms with Gasteiger partial charge in [-0.15, -0.1) is 11.3 Å². The van der Waals surface area contributed by atoms with Gasteiger partial charge in [0.1, 0.15) is 10.8 Å². The number of nitrogens with zero attached hydrogens (tertiary/aromatic N) is 1. The van der Waals surface area contributed by atoms with Gasteiger partial charge in [-0.25, -0.2) is 9.78 Å². The maximum atomic E-state index is 13.3. The van der Waals surface area contributed by atoms with Crippen LogP contribution < -0.4 is 10.1 Å². The lowest BCUT2D eigenvalue weighted by molar-refractivity contribution is -0.138. The average Bonchev–Trinajstić information content (AvgIpc) is 3.47. The standard InChI is InChI=1S/C35H42N2O4S/c1-4-40-35(39)26(3)21-25(2)22-30-24-42-34(36-30)32(37-33(38)29-13-9-6-10-14-29)23-28-15-17-31(18-16-28)41-20-19-27-11-7-5-8-12-27/h5,7-8,11-12,15-18,21-22,24,29,32H,4,6,9-10,13-14,19-20,23H2,1-3H3,(H,37,38)/b25-22+,26-21-. The van der Waals surface area contributed by atoms with Crippen molar-refractivity contribution in [2.24, 2.45) is 5.92 Å². The van der Waals surface area contributed by atoms with Gasteiger partial charge < -0.3 is 14.8 Å². The monoisotopic (exact) mass is 586 g/mol. The zero-order valence-corrected chi connectivity index (χ0v) is 25.8. The van der Waals surface area contributed by atoms with Crippen molar-refractivity contribution in [1.29, 1.82) is 0 Å². The largest absolute Gasteiger partial charge is 0.493 e. The van der Waals surface area contributed by atoms with Gasteiger partial charge in [0.05, 0.1) is 24.9 Å². The molecule has 4 rings (SSSR count). The maximum absolute atomic E-state index is 13.3. The van der Waals surface area contributed by atoms with E-state index in [1.807, 2.05) is 54.8 Å².